The van der Waals surface area contributed by atoms with Gasteiger partial charge < -0.3 is 14.6 Å². The molecule has 0 bridgehead atoms. The Balaban J connectivity index is 2.20. The number of carbonyl (C=O) groups is 2. The molecule has 6 heteroatoms. The molecule has 108 valence electrons. The molecule has 1 N–H and O–H groups in total. The van der Waals surface area contributed by atoms with Crippen molar-refractivity contribution >= 4 is 12.1 Å². The molecule has 1 saturated heterocycles. The van der Waals surface area contributed by atoms with Gasteiger partial charge in [-0.25, -0.2) is 9.59 Å². The highest BCUT2D eigenvalue weighted by Gasteiger charge is 2.58. The molecule has 1 aliphatic carbocycles. The van der Waals surface area contributed by atoms with Crippen LogP contribution in [-0.2, 0) is 14.3 Å². The van der Waals surface area contributed by atoms with Gasteiger partial charge in [0.15, 0.2) is 6.04 Å². The third-order valence-corrected chi connectivity index (χ3v) is 3.76. The zero-order valence-corrected chi connectivity index (χ0v) is 11.8. The topological polar surface area (TPSA) is 76.1 Å². The second kappa shape index (κ2) is 4.67. The Hall–Kier alpha value is -1.30. The molecule has 2 rings (SSSR count). The first-order valence-electron chi connectivity index (χ1n) is 6.53. The molecule has 4 atom stereocenters. The minimum atomic E-state index is -0.947. The van der Waals surface area contributed by atoms with Crippen LogP contribution in [0.25, 0.3) is 0 Å². The van der Waals surface area contributed by atoms with Crippen LogP contribution in [0, 0.1) is 5.92 Å². The number of amides is 1. The average molecular weight is 271 g/mol. The zero-order valence-electron chi connectivity index (χ0n) is 11.8. The fraction of sp³-hybridized carbons (Fsp3) is 0.846. The fourth-order valence-electron chi connectivity index (χ4n) is 2.79. The third-order valence-electron chi connectivity index (χ3n) is 3.76. The summed E-state index contributed by atoms with van der Waals surface area (Å²) >= 11 is 0. The molecule has 2 fully saturated rings. The predicted octanol–water partition coefficient (Wildman–Crippen LogP) is 0.918. The summed E-state index contributed by atoms with van der Waals surface area (Å²) in [6.45, 7) is 5.30. The van der Waals surface area contributed by atoms with Gasteiger partial charge in [-0.15, -0.1) is 0 Å². The van der Waals surface area contributed by atoms with Crippen molar-refractivity contribution in [2.24, 2.45) is 5.92 Å². The molecule has 1 saturated carbocycles. The largest absolute Gasteiger partial charge is 0.467 e. The van der Waals surface area contributed by atoms with Crippen LogP contribution in [0.2, 0.25) is 0 Å². The molecule has 0 spiro atoms. The summed E-state index contributed by atoms with van der Waals surface area (Å²) in [6.07, 6.45) is 0.181. The highest BCUT2D eigenvalue weighted by Crippen LogP contribution is 2.44. The van der Waals surface area contributed by atoms with Crippen LogP contribution in [0.5, 0.6) is 0 Å². The van der Waals surface area contributed by atoms with Gasteiger partial charge in [0.2, 0.25) is 0 Å². The van der Waals surface area contributed by atoms with Gasteiger partial charge in [0.05, 0.1) is 13.2 Å². The first kappa shape index (κ1) is 14.1. The van der Waals surface area contributed by atoms with Crippen LogP contribution < -0.4 is 0 Å². The van der Waals surface area contributed by atoms with Crippen molar-refractivity contribution in [3.8, 4) is 0 Å². The second-order valence-electron chi connectivity index (χ2n) is 6.15. The molecule has 4 unspecified atom stereocenters. The van der Waals surface area contributed by atoms with E-state index in [2.05, 4.69) is 0 Å². The summed E-state index contributed by atoms with van der Waals surface area (Å²) in [5.74, 6) is -0.635. The number of methoxy groups -OCH3 is 1. The van der Waals surface area contributed by atoms with E-state index >= 15 is 0 Å². The van der Waals surface area contributed by atoms with Gasteiger partial charge in [-0.2, -0.15) is 0 Å². The Morgan fingerprint density at radius 2 is 1.89 bits per heavy atom. The van der Waals surface area contributed by atoms with E-state index < -0.39 is 29.8 Å². The number of rotatable bonds is 1. The Morgan fingerprint density at radius 3 is 2.32 bits per heavy atom. The van der Waals surface area contributed by atoms with Gasteiger partial charge >= 0.3 is 12.1 Å². The SMILES string of the molecule is COC(=O)C1C(O)C2CCC2N1C(=O)OC(C)(C)C. The number of esters is 1. The van der Waals surface area contributed by atoms with E-state index in [1.807, 2.05) is 0 Å². The number of nitrogens with zero attached hydrogens (tertiary/aromatic N) is 1. The normalized spacial score (nSPS) is 33.4. The monoisotopic (exact) mass is 271 g/mol. The van der Waals surface area contributed by atoms with Crippen LogP contribution in [0.4, 0.5) is 4.79 Å². The summed E-state index contributed by atoms with van der Waals surface area (Å²) < 4.78 is 10.0. The number of fused-ring (bicyclic) bond motifs is 1. The van der Waals surface area contributed by atoms with E-state index in [0.29, 0.717) is 0 Å². The maximum atomic E-state index is 12.2. The molecule has 0 aromatic heterocycles. The van der Waals surface area contributed by atoms with E-state index in [-0.39, 0.29) is 12.0 Å². The Bertz CT molecular complexity index is 389. The summed E-state index contributed by atoms with van der Waals surface area (Å²) in [7, 11) is 1.25. The highest BCUT2D eigenvalue weighted by molar-refractivity contribution is 5.83. The van der Waals surface area contributed by atoms with Gasteiger partial charge in [0.25, 0.3) is 0 Å². The summed E-state index contributed by atoms with van der Waals surface area (Å²) in [4.78, 5) is 25.4. The Morgan fingerprint density at radius 1 is 1.26 bits per heavy atom. The molecule has 1 aliphatic heterocycles. The maximum absolute atomic E-state index is 12.2. The van der Waals surface area contributed by atoms with Gasteiger partial charge in [0, 0.05) is 12.0 Å². The number of aliphatic hydroxyl groups excluding tert-OH is 1. The fourth-order valence-corrected chi connectivity index (χ4v) is 2.79. The molecule has 2 aliphatic rings. The van der Waals surface area contributed by atoms with Crippen molar-refractivity contribution < 1.29 is 24.2 Å². The van der Waals surface area contributed by atoms with E-state index in [1.165, 1.54) is 12.0 Å². The Kier molecular flexibility index (Phi) is 3.47. The number of carbonyl (C=O) groups excluding carboxylic acids is 2. The number of hydrogen-bond donors (Lipinski definition) is 1. The zero-order chi connectivity index (χ0) is 14.4. The number of aliphatic hydroxyl groups is 1. The lowest BCUT2D eigenvalue weighted by atomic mass is 9.78. The van der Waals surface area contributed by atoms with Crippen molar-refractivity contribution in [3.63, 3.8) is 0 Å². The first-order chi connectivity index (χ1) is 8.76. The maximum Gasteiger partial charge on any atom is 0.411 e. The quantitative estimate of drug-likeness (QED) is 0.718. The minimum absolute atomic E-state index is 0.0448. The highest BCUT2D eigenvalue weighted by atomic mass is 16.6. The average Bonchev–Trinajstić information content (AvgIpc) is 2.42. The molecule has 19 heavy (non-hydrogen) atoms. The summed E-state index contributed by atoms with van der Waals surface area (Å²) in [5, 5.41) is 10.1. The molecule has 1 heterocycles. The van der Waals surface area contributed by atoms with E-state index in [0.717, 1.165) is 12.8 Å². The first-order valence-corrected chi connectivity index (χ1v) is 6.53. The lowest BCUT2D eigenvalue weighted by molar-refractivity contribution is -0.148. The molecule has 0 radical (unpaired) electrons. The van der Waals surface area contributed by atoms with Crippen molar-refractivity contribution in [2.75, 3.05) is 7.11 Å². The molecule has 0 aromatic rings. The van der Waals surface area contributed by atoms with E-state index in [9.17, 15) is 14.7 Å². The van der Waals surface area contributed by atoms with Crippen LogP contribution in [0.15, 0.2) is 0 Å². The molecule has 0 aromatic carbocycles. The van der Waals surface area contributed by atoms with Gasteiger partial charge in [0.1, 0.15) is 5.60 Å². The Labute approximate surface area is 112 Å². The van der Waals surface area contributed by atoms with Crippen LogP contribution in [0.3, 0.4) is 0 Å². The summed E-state index contributed by atoms with van der Waals surface area (Å²) in [5.41, 5.74) is -0.634. The van der Waals surface area contributed by atoms with Crippen molar-refractivity contribution in [3.05, 3.63) is 0 Å². The van der Waals surface area contributed by atoms with E-state index in [1.54, 1.807) is 20.8 Å². The number of ether oxygens (including phenoxy) is 2. The standard InChI is InChI=1S/C13H21NO5/c1-13(2,3)19-12(17)14-8-6-5-7(8)10(15)9(14)11(16)18-4/h7-10,15H,5-6H2,1-4H3. The smallest absolute Gasteiger partial charge is 0.411 e. The second-order valence-corrected chi connectivity index (χ2v) is 6.15. The van der Waals surface area contributed by atoms with Crippen molar-refractivity contribution in [1.29, 1.82) is 0 Å². The molecular weight excluding hydrogens is 250 g/mol. The van der Waals surface area contributed by atoms with Crippen LogP contribution in [-0.4, -0.2) is 53.0 Å². The molecular formula is C13H21NO5. The minimum Gasteiger partial charge on any atom is -0.467 e. The summed E-state index contributed by atoms with van der Waals surface area (Å²) in [6, 6.07) is -1.06. The van der Waals surface area contributed by atoms with Gasteiger partial charge in [-0.1, -0.05) is 0 Å². The molecule has 1 amide bonds. The lowest BCUT2D eigenvalue weighted by Gasteiger charge is -2.37. The third kappa shape index (κ3) is 2.41. The predicted molar refractivity (Wildman–Crippen MR) is 66.4 cm³/mol. The number of hydrogen-bond acceptors (Lipinski definition) is 5. The van der Waals surface area contributed by atoms with Gasteiger partial charge in [-0.3, -0.25) is 4.90 Å². The van der Waals surface area contributed by atoms with Crippen LogP contribution in [0.1, 0.15) is 33.6 Å². The van der Waals surface area contributed by atoms with Crippen molar-refractivity contribution in [1.82, 2.24) is 4.90 Å². The van der Waals surface area contributed by atoms with Crippen LogP contribution >= 0.6 is 0 Å². The van der Waals surface area contributed by atoms with Crippen molar-refractivity contribution in [2.45, 2.75) is 57.4 Å². The van der Waals surface area contributed by atoms with Gasteiger partial charge in [-0.05, 0) is 33.6 Å². The lowest BCUT2D eigenvalue weighted by Crippen LogP contribution is -2.50. The molecule has 6 nitrogen and oxygen atoms in total. The van der Waals surface area contributed by atoms with E-state index in [4.69, 9.17) is 9.47 Å². The number of likely N-dealkylation sites (tertiary alicyclic amines) is 1.